The molecule has 0 unspecified atom stereocenters. The molecule has 7 nitrogen and oxygen atoms in total. The number of piperidine rings is 1. The van der Waals surface area contributed by atoms with Gasteiger partial charge in [-0.05, 0) is 63.2 Å². The van der Waals surface area contributed by atoms with Crippen LogP contribution in [0.4, 0.5) is 19.3 Å². The molecule has 2 aromatic carbocycles. The number of urea groups is 1. The van der Waals surface area contributed by atoms with E-state index in [1.165, 1.54) is 24.3 Å². The van der Waals surface area contributed by atoms with E-state index in [1.54, 1.807) is 9.80 Å². The molecule has 0 aromatic heterocycles. The zero-order valence-electron chi connectivity index (χ0n) is 19.7. The average molecular weight is 527 g/mol. The maximum absolute atomic E-state index is 14.9. The summed E-state index contributed by atoms with van der Waals surface area (Å²) in [6.07, 6.45) is 0.924. The van der Waals surface area contributed by atoms with Crippen LogP contribution in [0, 0.1) is 11.6 Å². The highest BCUT2D eigenvalue weighted by atomic mass is 35.5. The summed E-state index contributed by atoms with van der Waals surface area (Å²) in [5.41, 5.74) is -0.382. The van der Waals surface area contributed by atoms with Crippen LogP contribution in [0.3, 0.4) is 0 Å². The molecule has 0 N–H and O–H groups in total. The molecule has 2 amide bonds. The zero-order chi connectivity index (χ0) is 25.3. The van der Waals surface area contributed by atoms with E-state index in [9.17, 15) is 22.0 Å². The maximum atomic E-state index is 14.9. The van der Waals surface area contributed by atoms with Gasteiger partial charge in [0.25, 0.3) is 10.0 Å². The number of halogens is 3. The van der Waals surface area contributed by atoms with Crippen molar-refractivity contribution in [3.05, 3.63) is 59.1 Å². The number of nitrogens with zero attached hydrogens (tertiary/aromatic N) is 4. The number of carbonyl (C=O) groups excluding carboxylic acids is 1. The van der Waals surface area contributed by atoms with E-state index in [0.29, 0.717) is 31.0 Å². The van der Waals surface area contributed by atoms with Gasteiger partial charge in [-0.2, -0.15) is 0 Å². The van der Waals surface area contributed by atoms with E-state index >= 15 is 0 Å². The van der Waals surface area contributed by atoms with Gasteiger partial charge >= 0.3 is 6.03 Å². The van der Waals surface area contributed by atoms with E-state index in [4.69, 9.17) is 11.6 Å². The number of carbonyl (C=O) groups is 1. The fourth-order valence-corrected chi connectivity index (χ4v) is 6.62. The highest BCUT2D eigenvalue weighted by Crippen LogP contribution is 2.33. The number of hydrogen-bond acceptors (Lipinski definition) is 4. The number of piperazine rings is 1. The van der Waals surface area contributed by atoms with Gasteiger partial charge in [-0.1, -0.05) is 11.6 Å². The average Bonchev–Trinajstić information content (AvgIpc) is 2.81. The number of benzene rings is 2. The number of hydrogen-bond donors (Lipinski definition) is 0. The third kappa shape index (κ3) is 5.39. The first-order valence-electron chi connectivity index (χ1n) is 11.6. The summed E-state index contributed by atoms with van der Waals surface area (Å²) in [4.78, 5) is 18.8. The summed E-state index contributed by atoms with van der Waals surface area (Å²) in [6, 6.07) is 7.33. The van der Waals surface area contributed by atoms with Gasteiger partial charge in [-0.3, -0.25) is 4.31 Å². The number of anilines is 1. The number of likely N-dealkylation sites (N-methyl/N-ethyl adjacent to an activating group) is 1. The van der Waals surface area contributed by atoms with Gasteiger partial charge in [0.15, 0.2) is 0 Å². The summed E-state index contributed by atoms with van der Waals surface area (Å²) >= 11 is 5.93. The Balaban J connectivity index is 1.69. The van der Waals surface area contributed by atoms with Crippen LogP contribution in [0.15, 0.2) is 47.4 Å². The molecular formula is C24H29ClF2N4O3S. The van der Waals surface area contributed by atoms with Gasteiger partial charge in [0.2, 0.25) is 0 Å². The van der Waals surface area contributed by atoms with Gasteiger partial charge < -0.3 is 14.7 Å². The molecule has 2 aliphatic rings. The monoisotopic (exact) mass is 526 g/mol. The molecule has 2 aromatic rings. The lowest BCUT2D eigenvalue weighted by Gasteiger charge is -2.44. The maximum Gasteiger partial charge on any atom is 0.320 e. The van der Waals surface area contributed by atoms with Crippen molar-refractivity contribution in [3.63, 3.8) is 0 Å². The van der Waals surface area contributed by atoms with Gasteiger partial charge in [-0.15, -0.1) is 0 Å². The van der Waals surface area contributed by atoms with Gasteiger partial charge in [0.05, 0.1) is 16.6 Å². The Morgan fingerprint density at radius 2 is 1.77 bits per heavy atom. The minimum absolute atomic E-state index is 0.0104. The third-order valence-electron chi connectivity index (χ3n) is 6.59. The molecule has 4 rings (SSSR count). The van der Waals surface area contributed by atoms with Gasteiger partial charge in [0.1, 0.15) is 11.6 Å². The first-order chi connectivity index (χ1) is 16.6. The Kier molecular flexibility index (Phi) is 7.54. The molecule has 0 aliphatic carbocycles. The van der Waals surface area contributed by atoms with Crippen molar-refractivity contribution < 1.29 is 22.0 Å². The van der Waals surface area contributed by atoms with Crippen molar-refractivity contribution in [1.82, 2.24) is 14.7 Å². The molecule has 11 heteroatoms. The SMILES string of the molecule is C[C@H]1CN(C)CCN1C(=O)N1CCC[C@H](N(c2cc(F)ccc2F)S(=O)(=O)c2ccc(Cl)cc2)C1. The van der Waals surface area contributed by atoms with Crippen LogP contribution in [0.2, 0.25) is 5.02 Å². The highest BCUT2D eigenvalue weighted by molar-refractivity contribution is 7.92. The van der Waals surface area contributed by atoms with Crippen LogP contribution >= 0.6 is 11.6 Å². The summed E-state index contributed by atoms with van der Waals surface area (Å²) in [5.74, 6) is -1.62. The van der Waals surface area contributed by atoms with Crippen LogP contribution in [-0.4, -0.2) is 81.0 Å². The lowest BCUT2D eigenvalue weighted by molar-refractivity contribution is 0.0852. The van der Waals surface area contributed by atoms with E-state index in [1.807, 2.05) is 14.0 Å². The van der Waals surface area contributed by atoms with E-state index in [2.05, 4.69) is 4.90 Å². The van der Waals surface area contributed by atoms with Crippen LogP contribution in [0.5, 0.6) is 0 Å². The number of amides is 2. The highest BCUT2D eigenvalue weighted by Gasteiger charge is 2.39. The molecule has 2 atom stereocenters. The molecule has 0 radical (unpaired) electrons. The predicted octanol–water partition coefficient (Wildman–Crippen LogP) is 4.03. The second-order valence-electron chi connectivity index (χ2n) is 9.18. The van der Waals surface area contributed by atoms with Crippen LogP contribution < -0.4 is 4.31 Å². The van der Waals surface area contributed by atoms with Crippen molar-refractivity contribution in [2.75, 3.05) is 44.1 Å². The minimum atomic E-state index is -4.29. The Labute approximate surface area is 209 Å². The predicted molar refractivity (Wildman–Crippen MR) is 131 cm³/mol. The van der Waals surface area contributed by atoms with Crippen molar-refractivity contribution in [2.45, 2.75) is 36.7 Å². The van der Waals surface area contributed by atoms with Gasteiger partial charge in [0, 0.05) is 49.9 Å². The standard InChI is InChI=1S/C24H29ClF2N4O3S/c1-17-15-28(2)12-13-30(17)24(32)29-11-3-4-20(16-29)31(23-14-19(26)7-10-22(23)27)35(33,34)21-8-5-18(25)6-9-21/h5-10,14,17,20H,3-4,11-13,15-16H2,1-2H3/t17-,20-/m0/s1. The van der Waals surface area contributed by atoms with Gasteiger partial charge in [-0.25, -0.2) is 22.0 Å². The second-order valence-corrected chi connectivity index (χ2v) is 11.4. The molecule has 2 fully saturated rings. The Morgan fingerprint density at radius 3 is 2.46 bits per heavy atom. The minimum Gasteiger partial charge on any atom is -0.323 e. The number of likely N-dealkylation sites (tertiary alicyclic amines) is 1. The summed E-state index contributed by atoms with van der Waals surface area (Å²) in [7, 11) is -2.29. The largest absolute Gasteiger partial charge is 0.323 e. The zero-order valence-corrected chi connectivity index (χ0v) is 21.3. The first-order valence-corrected chi connectivity index (χ1v) is 13.4. The van der Waals surface area contributed by atoms with E-state index in [-0.39, 0.29) is 29.2 Å². The van der Waals surface area contributed by atoms with Crippen molar-refractivity contribution in [2.24, 2.45) is 0 Å². The number of rotatable bonds is 4. The summed E-state index contributed by atoms with van der Waals surface area (Å²) < 4.78 is 57.5. The molecule has 190 valence electrons. The Morgan fingerprint density at radius 1 is 1.06 bits per heavy atom. The normalized spacial score (nSPS) is 21.7. The molecule has 2 saturated heterocycles. The molecular weight excluding hydrogens is 498 g/mol. The Bertz CT molecular complexity index is 1180. The quantitative estimate of drug-likeness (QED) is 0.603. The molecule has 35 heavy (non-hydrogen) atoms. The van der Waals surface area contributed by atoms with E-state index < -0.39 is 27.7 Å². The van der Waals surface area contributed by atoms with E-state index in [0.717, 1.165) is 35.6 Å². The van der Waals surface area contributed by atoms with Crippen molar-refractivity contribution in [3.8, 4) is 0 Å². The fourth-order valence-electron chi connectivity index (χ4n) is 4.82. The lowest BCUT2D eigenvalue weighted by atomic mass is 10.0. The second kappa shape index (κ2) is 10.3. The topological polar surface area (TPSA) is 64.2 Å². The molecule has 2 heterocycles. The number of sulfonamides is 1. The smallest absolute Gasteiger partial charge is 0.320 e. The van der Waals surface area contributed by atoms with Crippen molar-refractivity contribution >= 4 is 33.3 Å². The first kappa shape index (κ1) is 25.7. The summed E-state index contributed by atoms with van der Waals surface area (Å²) in [5, 5.41) is 0.350. The molecule has 0 saturated carbocycles. The lowest BCUT2D eigenvalue weighted by Crippen LogP contribution is -2.59. The Hall–Kier alpha value is -2.43. The van der Waals surface area contributed by atoms with Crippen LogP contribution in [0.25, 0.3) is 0 Å². The van der Waals surface area contributed by atoms with Crippen molar-refractivity contribution in [1.29, 1.82) is 0 Å². The molecule has 0 bridgehead atoms. The third-order valence-corrected chi connectivity index (χ3v) is 8.72. The van der Waals surface area contributed by atoms with Crippen LogP contribution in [-0.2, 0) is 10.0 Å². The summed E-state index contributed by atoms with van der Waals surface area (Å²) in [6.45, 7) is 4.58. The molecule has 2 aliphatic heterocycles. The molecule has 0 spiro atoms. The fraction of sp³-hybridized carbons (Fsp3) is 0.458. The van der Waals surface area contributed by atoms with Crippen LogP contribution in [0.1, 0.15) is 19.8 Å².